The first kappa shape index (κ1) is 38.2. The summed E-state index contributed by atoms with van der Waals surface area (Å²) in [7, 11) is 3.07. The maximum atomic E-state index is 16.1. The molecule has 3 atom stereocenters. The van der Waals surface area contributed by atoms with Crippen LogP contribution in [0.15, 0.2) is 58.3 Å². The molecule has 0 spiro atoms. The fourth-order valence-corrected chi connectivity index (χ4v) is 8.84. The minimum Gasteiger partial charge on any atom is -0.307 e. The number of piperidine rings is 2. The van der Waals surface area contributed by atoms with Gasteiger partial charge in [0.1, 0.15) is 29.4 Å². The van der Waals surface area contributed by atoms with Crippen molar-refractivity contribution in [2.75, 3.05) is 25.0 Å². The monoisotopic (exact) mass is 791 g/mol. The average molecular weight is 792 g/mol. The van der Waals surface area contributed by atoms with Crippen molar-refractivity contribution in [1.29, 1.82) is 0 Å². The molecule has 6 heterocycles. The molecule has 4 aromatic heterocycles. The zero-order chi connectivity index (χ0) is 40.3. The molecule has 14 nitrogen and oxygen atoms in total. The summed E-state index contributed by atoms with van der Waals surface area (Å²) in [6.07, 6.45) is 0.0821. The van der Waals surface area contributed by atoms with Crippen LogP contribution < -0.4 is 21.9 Å². The van der Waals surface area contributed by atoms with Crippen molar-refractivity contribution in [2.24, 2.45) is 20.0 Å². The van der Waals surface area contributed by atoms with Crippen LogP contribution >= 0.6 is 0 Å². The van der Waals surface area contributed by atoms with Crippen molar-refractivity contribution < 1.29 is 31.9 Å². The third-order valence-electron chi connectivity index (χ3n) is 11.8. The maximum Gasteiger partial charge on any atom is 0.433 e. The highest BCUT2D eigenvalue weighted by Crippen LogP contribution is 2.38. The molecule has 1 aliphatic carbocycles. The van der Waals surface area contributed by atoms with Gasteiger partial charge in [0.2, 0.25) is 11.8 Å². The summed E-state index contributed by atoms with van der Waals surface area (Å²) in [5.74, 6) is -1.79. The van der Waals surface area contributed by atoms with Gasteiger partial charge < -0.3 is 10.2 Å². The number of imidazole rings is 1. The number of carbonyl (C=O) groups is 3. The number of nitrogens with zero attached hydrogens (tertiary/aromatic N) is 7. The molecule has 1 saturated carbocycles. The van der Waals surface area contributed by atoms with Gasteiger partial charge in [-0.15, -0.1) is 0 Å². The van der Waals surface area contributed by atoms with Gasteiger partial charge >= 0.3 is 11.9 Å². The Morgan fingerprint density at radius 3 is 2.44 bits per heavy atom. The van der Waals surface area contributed by atoms with Crippen LogP contribution in [0.2, 0.25) is 0 Å². The summed E-state index contributed by atoms with van der Waals surface area (Å²) in [6, 6.07) is 9.18. The minimum atomic E-state index is -4.72. The number of pyridine rings is 2. The number of hydrogen-bond acceptors (Lipinski definition) is 8. The number of amides is 3. The number of imide groups is 1. The van der Waals surface area contributed by atoms with Crippen LogP contribution in [-0.4, -0.2) is 76.9 Å². The van der Waals surface area contributed by atoms with Gasteiger partial charge in [-0.1, -0.05) is 18.2 Å². The zero-order valence-corrected chi connectivity index (χ0v) is 31.3. The van der Waals surface area contributed by atoms with Gasteiger partial charge in [0.25, 0.3) is 11.5 Å². The summed E-state index contributed by atoms with van der Waals surface area (Å²) >= 11 is 0. The van der Waals surface area contributed by atoms with Crippen LogP contribution in [0.4, 0.5) is 23.4 Å². The molecule has 1 aromatic carbocycles. The van der Waals surface area contributed by atoms with Crippen molar-refractivity contribution in [1.82, 2.24) is 38.7 Å². The van der Waals surface area contributed by atoms with E-state index in [2.05, 4.69) is 25.6 Å². The van der Waals surface area contributed by atoms with Crippen molar-refractivity contribution in [3.63, 3.8) is 0 Å². The highest BCUT2D eigenvalue weighted by atomic mass is 19.4. The first-order valence-corrected chi connectivity index (χ1v) is 19.0. The van der Waals surface area contributed by atoms with Crippen LogP contribution in [0.1, 0.15) is 84.7 Å². The number of nitrogens with one attached hydrogen (secondary N) is 2. The summed E-state index contributed by atoms with van der Waals surface area (Å²) in [4.78, 5) is 69.5. The number of anilines is 1. The molecule has 2 aliphatic heterocycles. The minimum absolute atomic E-state index is 0.0185. The predicted octanol–water partition coefficient (Wildman–Crippen LogP) is 4.59. The van der Waals surface area contributed by atoms with Crippen LogP contribution in [0.5, 0.6) is 0 Å². The molecule has 18 heteroatoms. The Labute approximate surface area is 322 Å². The number of aryl methyl sites for hydroxylation is 1. The lowest BCUT2D eigenvalue weighted by atomic mass is 9.83. The predicted molar refractivity (Wildman–Crippen MR) is 200 cm³/mol. The van der Waals surface area contributed by atoms with E-state index < -0.39 is 53.1 Å². The Hall–Kier alpha value is -5.65. The normalized spacial score (nSPS) is 23.6. The van der Waals surface area contributed by atoms with E-state index in [1.807, 2.05) is 6.07 Å². The van der Waals surface area contributed by atoms with E-state index in [1.54, 1.807) is 36.1 Å². The topological polar surface area (TPSA) is 158 Å². The molecular formula is C39H41F4N9O5. The van der Waals surface area contributed by atoms with Gasteiger partial charge in [0.15, 0.2) is 5.52 Å². The number of likely N-dealkylation sites (tertiary alicyclic amines) is 1. The van der Waals surface area contributed by atoms with Gasteiger partial charge in [0, 0.05) is 51.1 Å². The fraction of sp³-hybridized carbons (Fsp3) is 0.462. The molecule has 0 bridgehead atoms. The molecule has 1 unspecified atom stereocenters. The Kier molecular flexibility index (Phi) is 9.86. The highest BCUT2D eigenvalue weighted by molar-refractivity contribution is 6.03. The number of benzene rings is 1. The lowest BCUT2D eigenvalue weighted by molar-refractivity contribution is -0.141. The highest BCUT2D eigenvalue weighted by Gasteiger charge is 2.37. The number of rotatable bonds is 7. The Morgan fingerprint density at radius 2 is 1.72 bits per heavy atom. The molecule has 2 N–H and O–H groups in total. The van der Waals surface area contributed by atoms with E-state index in [-0.39, 0.29) is 48.4 Å². The number of fused-ring (bicyclic) bond motifs is 2. The Balaban J connectivity index is 0.898. The van der Waals surface area contributed by atoms with E-state index in [9.17, 15) is 37.1 Å². The van der Waals surface area contributed by atoms with Gasteiger partial charge in [-0.2, -0.15) is 18.3 Å². The molecule has 3 aliphatic rings. The van der Waals surface area contributed by atoms with Crippen molar-refractivity contribution >= 4 is 45.5 Å². The van der Waals surface area contributed by atoms with Gasteiger partial charge in [-0.05, 0) is 80.8 Å². The summed E-state index contributed by atoms with van der Waals surface area (Å²) in [5.41, 5.74) is -0.417. The van der Waals surface area contributed by atoms with E-state index >= 15 is 4.39 Å². The molecule has 3 fully saturated rings. The third-order valence-corrected chi connectivity index (χ3v) is 11.8. The van der Waals surface area contributed by atoms with Crippen molar-refractivity contribution in [3.05, 3.63) is 86.5 Å². The first-order valence-electron chi connectivity index (χ1n) is 19.0. The molecule has 57 heavy (non-hydrogen) atoms. The van der Waals surface area contributed by atoms with E-state index in [0.717, 1.165) is 56.0 Å². The Morgan fingerprint density at radius 1 is 0.965 bits per heavy atom. The van der Waals surface area contributed by atoms with E-state index in [1.165, 1.54) is 20.7 Å². The molecule has 3 amide bonds. The number of carbonyl (C=O) groups excluding carboxylic acids is 3. The van der Waals surface area contributed by atoms with Gasteiger partial charge in [-0.25, -0.2) is 14.2 Å². The Bertz CT molecular complexity index is 2530. The van der Waals surface area contributed by atoms with Gasteiger partial charge in [-0.3, -0.25) is 42.9 Å². The molecule has 5 aromatic rings. The number of hydrogen-bond donors (Lipinski definition) is 2. The molecule has 8 rings (SSSR count). The van der Waals surface area contributed by atoms with Crippen molar-refractivity contribution in [3.8, 4) is 0 Å². The summed E-state index contributed by atoms with van der Waals surface area (Å²) in [6.45, 7) is 1.67. The average Bonchev–Trinajstić information content (AvgIpc) is 3.72. The van der Waals surface area contributed by atoms with E-state index in [0.29, 0.717) is 35.3 Å². The molecule has 300 valence electrons. The summed E-state index contributed by atoms with van der Waals surface area (Å²) < 4.78 is 61.4. The number of halogens is 4. The van der Waals surface area contributed by atoms with Crippen LogP contribution in [-0.2, 0) is 29.9 Å². The van der Waals surface area contributed by atoms with Crippen LogP contribution in [0.3, 0.4) is 0 Å². The third kappa shape index (κ3) is 7.14. The fourth-order valence-electron chi connectivity index (χ4n) is 8.84. The second-order valence-electron chi connectivity index (χ2n) is 15.4. The SMILES string of the molecule is Cn1c(NC(=O)c2cccc(C(F)(F)F)n2)cc2cn(C3CCC(CN4CC[C@@H](c5cccc6c5n(C)c(=O)n6C5CCC(=O)NC5=O)[C@H](F)C4)CC3)nc2c1=O. The number of alkyl halides is 4. The zero-order valence-electron chi connectivity index (χ0n) is 31.3. The summed E-state index contributed by atoms with van der Waals surface area (Å²) in [5, 5.41) is 9.89. The lowest BCUT2D eigenvalue weighted by Crippen LogP contribution is -2.44. The second kappa shape index (κ2) is 14.7. The molecule has 2 saturated heterocycles. The standard InChI is InChI=1S/C39H41F4N9O5/c1-48-31(45-35(54)27-6-4-8-30(44-27)39(41,42)43)17-22-19-51(47-33(22)37(48)56)23-11-9-21(10-12-23)18-50-16-15-24(26(40)20-50)25-5-3-7-28-34(25)49(2)38(57)52(28)29-13-14-32(53)46-36(29)55/h3-8,17,19,21,23-24,26,29H,9-16,18,20H2,1-2H3,(H,45,54)(H,46,53,55)/t21?,23?,24-,26+,29?/m0/s1. The quantitative estimate of drug-likeness (QED) is 0.179. The maximum absolute atomic E-state index is 16.1. The lowest BCUT2D eigenvalue weighted by Gasteiger charge is -2.38. The second-order valence-corrected chi connectivity index (χ2v) is 15.4. The largest absolute Gasteiger partial charge is 0.433 e. The van der Waals surface area contributed by atoms with Crippen LogP contribution in [0.25, 0.3) is 21.9 Å². The first-order chi connectivity index (χ1) is 27.2. The number of para-hydroxylation sites is 1. The van der Waals surface area contributed by atoms with Crippen LogP contribution in [0, 0.1) is 5.92 Å². The number of aromatic nitrogens is 6. The van der Waals surface area contributed by atoms with E-state index in [4.69, 9.17) is 0 Å². The van der Waals surface area contributed by atoms with Crippen molar-refractivity contribution in [2.45, 2.75) is 75.3 Å². The molecular weight excluding hydrogens is 750 g/mol. The van der Waals surface area contributed by atoms with Gasteiger partial charge in [0.05, 0.1) is 17.1 Å². The smallest absolute Gasteiger partial charge is 0.307 e. The molecule has 0 radical (unpaired) electrons.